The molecular formula is C11H19ClN4O2. The van der Waals surface area contributed by atoms with Crippen LogP contribution in [0.25, 0.3) is 0 Å². The molecule has 2 rings (SSSR count). The minimum Gasteiger partial charge on any atom is -0.354 e. The van der Waals surface area contributed by atoms with Crippen molar-refractivity contribution >= 4 is 18.3 Å². The summed E-state index contributed by atoms with van der Waals surface area (Å²) in [5.74, 6) is 1.37. The fourth-order valence-electron chi connectivity index (χ4n) is 1.86. The van der Waals surface area contributed by atoms with Gasteiger partial charge in [-0.2, -0.15) is 4.98 Å². The Hall–Kier alpha value is -1.14. The van der Waals surface area contributed by atoms with Crippen molar-refractivity contribution in [1.82, 2.24) is 20.8 Å². The number of rotatable bonds is 5. The first kappa shape index (κ1) is 14.9. The van der Waals surface area contributed by atoms with Crippen LogP contribution in [0.4, 0.5) is 0 Å². The minimum atomic E-state index is -0.0218. The average molecular weight is 275 g/mol. The van der Waals surface area contributed by atoms with E-state index in [4.69, 9.17) is 4.52 Å². The maximum atomic E-state index is 11.7. The van der Waals surface area contributed by atoms with Gasteiger partial charge in [-0.1, -0.05) is 12.1 Å². The highest BCUT2D eigenvalue weighted by atomic mass is 35.5. The highest BCUT2D eigenvalue weighted by Gasteiger charge is 2.21. The van der Waals surface area contributed by atoms with Gasteiger partial charge < -0.3 is 15.2 Å². The van der Waals surface area contributed by atoms with Gasteiger partial charge in [0.15, 0.2) is 5.82 Å². The van der Waals surface area contributed by atoms with Crippen molar-refractivity contribution in [2.75, 3.05) is 13.1 Å². The predicted octanol–water partition coefficient (Wildman–Crippen LogP) is 0.464. The molecule has 1 aromatic heterocycles. The van der Waals surface area contributed by atoms with E-state index in [0.717, 1.165) is 25.8 Å². The van der Waals surface area contributed by atoms with Gasteiger partial charge in [0.05, 0.1) is 6.04 Å². The van der Waals surface area contributed by atoms with Gasteiger partial charge in [0, 0.05) is 19.4 Å². The van der Waals surface area contributed by atoms with E-state index in [2.05, 4.69) is 20.8 Å². The van der Waals surface area contributed by atoms with Gasteiger partial charge in [-0.15, -0.1) is 12.4 Å². The lowest BCUT2D eigenvalue weighted by atomic mass is 10.2. The lowest BCUT2D eigenvalue weighted by molar-refractivity contribution is -0.122. The lowest BCUT2D eigenvalue weighted by Crippen LogP contribution is -2.41. The second-order valence-electron chi connectivity index (χ2n) is 4.15. The Morgan fingerprint density at radius 1 is 1.61 bits per heavy atom. The Balaban J connectivity index is 0.00000162. The number of halogens is 1. The summed E-state index contributed by atoms with van der Waals surface area (Å²) in [6, 6.07) is -0.0218. The third-order valence-electron chi connectivity index (χ3n) is 2.84. The van der Waals surface area contributed by atoms with Crippen molar-refractivity contribution in [3.8, 4) is 0 Å². The standard InChI is InChI=1S/C11H18N4O2.ClH/c1-2-10-14-9(15-17-10)5-7-13-11(16)8-4-3-6-12-8;/h8,12H,2-7H2,1H3,(H,13,16);1H. The summed E-state index contributed by atoms with van der Waals surface area (Å²) in [7, 11) is 0. The van der Waals surface area contributed by atoms with Crippen LogP contribution >= 0.6 is 12.4 Å². The molecule has 0 saturated carbocycles. The van der Waals surface area contributed by atoms with Crippen LogP contribution in [0.5, 0.6) is 0 Å². The molecule has 1 aliphatic rings. The average Bonchev–Trinajstić information content (AvgIpc) is 3.00. The van der Waals surface area contributed by atoms with Crippen LogP contribution in [0.2, 0.25) is 0 Å². The van der Waals surface area contributed by atoms with Crippen molar-refractivity contribution in [3.63, 3.8) is 0 Å². The molecule has 6 nitrogen and oxygen atoms in total. The third-order valence-corrected chi connectivity index (χ3v) is 2.84. The van der Waals surface area contributed by atoms with Crippen molar-refractivity contribution < 1.29 is 9.32 Å². The van der Waals surface area contributed by atoms with Gasteiger partial charge in [-0.25, -0.2) is 0 Å². The molecule has 0 bridgehead atoms. The molecule has 1 amide bonds. The fourth-order valence-corrected chi connectivity index (χ4v) is 1.86. The van der Waals surface area contributed by atoms with Crippen molar-refractivity contribution in [3.05, 3.63) is 11.7 Å². The first-order valence-corrected chi connectivity index (χ1v) is 6.12. The SMILES string of the molecule is CCc1nc(CCNC(=O)C2CCCN2)no1.Cl. The number of nitrogens with one attached hydrogen (secondary N) is 2. The Morgan fingerprint density at radius 2 is 2.44 bits per heavy atom. The number of hydrogen-bond donors (Lipinski definition) is 2. The van der Waals surface area contributed by atoms with E-state index >= 15 is 0 Å². The summed E-state index contributed by atoms with van der Waals surface area (Å²) in [4.78, 5) is 15.8. The monoisotopic (exact) mass is 274 g/mol. The summed E-state index contributed by atoms with van der Waals surface area (Å²) in [5.41, 5.74) is 0. The van der Waals surface area contributed by atoms with E-state index in [1.165, 1.54) is 0 Å². The van der Waals surface area contributed by atoms with Crippen LogP contribution in [0, 0.1) is 0 Å². The van der Waals surface area contributed by atoms with Gasteiger partial charge in [0.2, 0.25) is 11.8 Å². The van der Waals surface area contributed by atoms with E-state index in [-0.39, 0.29) is 24.4 Å². The molecule has 1 aliphatic heterocycles. The smallest absolute Gasteiger partial charge is 0.237 e. The molecule has 18 heavy (non-hydrogen) atoms. The molecule has 1 atom stereocenters. The van der Waals surface area contributed by atoms with Crippen molar-refractivity contribution in [1.29, 1.82) is 0 Å². The van der Waals surface area contributed by atoms with Gasteiger partial charge in [-0.3, -0.25) is 4.79 Å². The topological polar surface area (TPSA) is 80.0 Å². The number of aromatic nitrogens is 2. The number of carbonyl (C=O) groups is 1. The first-order chi connectivity index (χ1) is 8.29. The molecule has 1 aromatic rings. The Kier molecular flexibility index (Phi) is 6.07. The Bertz CT molecular complexity index is 377. The van der Waals surface area contributed by atoms with Gasteiger partial charge in [-0.05, 0) is 19.4 Å². The number of aryl methyl sites for hydroxylation is 1. The fraction of sp³-hybridized carbons (Fsp3) is 0.727. The molecule has 0 spiro atoms. The maximum absolute atomic E-state index is 11.7. The largest absolute Gasteiger partial charge is 0.354 e. The van der Waals surface area contributed by atoms with Crippen LogP contribution in [-0.2, 0) is 17.6 Å². The second-order valence-corrected chi connectivity index (χ2v) is 4.15. The number of hydrogen-bond acceptors (Lipinski definition) is 5. The zero-order chi connectivity index (χ0) is 12.1. The molecule has 2 N–H and O–H groups in total. The van der Waals surface area contributed by atoms with Crippen molar-refractivity contribution in [2.45, 2.75) is 38.6 Å². The summed E-state index contributed by atoms with van der Waals surface area (Å²) < 4.78 is 4.98. The molecular weight excluding hydrogens is 256 g/mol. The Labute approximate surface area is 112 Å². The zero-order valence-electron chi connectivity index (χ0n) is 10.4. The quantitative estimate of drug-likeness (QED) is 0.816. The van der Waals surface area contributed by atoms with Gasteiger partial charge in [0.25, 0.3) is 0 Å². The van der Waals surface area contributed by atoms with Crippen molar-refractivity contribution in [2.24, 2.45) is 0 Å². The molecule has 1 unspecified atom stereocenters. The van der Waals surface area contributed by atoms with Crippen LogP contribution in [0.3, 0.4) is 0 Å². The van der Waals surface area contributed by atoms with Crippen LogP contribution < -0.4 is 10.6 Å². The molecule has 1 saturated heterocycles. The van der Waals surface area contributed by atoms with Crippen LogP contribution in [0.1, 0.15) is 31.5 Å². The van der Waals surface area contributed by atoms with E-state index in [9.17, 15) is 4.79 Å². The van der Waals surface area contributed by atoms with E-state index in [1.807, 2.05) is 6.92 Å². The van der Waals surface area contributed by atoms with Gasteiger partial charge >= 0.3 is 0 Å². The summed E-state index contributed by atoms with van der Waals surface area (Å²) in [6.07, 6.45) is 3.35. The second kappa shape index (κ2) is 7.33. The first-order valence-electron chi connectivity index (χ1n) is 6.12. The minimum absolute atomic E-state index is 0. The maximum Gasteiger partial charge on any atom is 0.237 e. The van der Waals surface area contributed by atoms with Gasteiger partial charge in [0.1, 0.15) is 0 Å². The lowest BCUT2D eigenvalue weighted by Gasteiger charge is -2.09. The summed E-state index contributed by atoms with van der Waals surface area (Å²) >= 11 is 0. The molecule has 0 aromatic carbocycles. The predicted molar refractivity (Wildman–Crippen MR) is 68.7 cm³/mol. The zero-order valence-corrected chi connectivity index (χ0v) is 11.3. The highest BCUT2D eigenvalue weighted by molar-refractivity contribution is 5.85. The molecule has 7 heteroatoms. The molecule has 2 heterocycles. The third kappa shape index (κ3) is 3.96. The number of carbonyl (C=O) groups excluding carboxylic acids is 1. The molecule has 0 aliphatic carbocycles. The molecule has 1 fully saturated rings. The Morgan fingerprint density at radius 3 is 3.06 bits per heavy atom. The number of nitrogens with zero attached hydrogens (tertiary/aromatic N) is 2. The van der Waals surface area contributed by atoms with E-state index in [1.54, 1.807) is 0 Å². The van der Waals surface area contributed by atoms with Crippen LogP contribution in [-0.4, -0.2) is 35.2 Å². The summed E-state index contributed by atoms with van der Waals surface area (Å²) in [5, 5.41) is 9.86. The highest BCUT2D eigenvalue weighted by Crippen LogP contribution is 2.04. The normalized spacial score (nSPS) is 18.4. The van der Waals surface area contributed by atoms with E-state index < -0.39 is 0 Å². The van der Waals surface area contributed by atoms with E-state index in [0.29, 0.717) is 24.7 Å². The molecule has 102 valence electrons. The number of amides is 1. The van der Waals surface area contributed by atoms with Crippen LogP contribution in [0.15, 0.2) is 4.52 Å². The summed E-state index contributed by atoms with van der Waals surface area (Å²) in [6.45, 7) is 3.45. The molecule has 0 radical (unpaired) electrons.